The maximum atomic E-state index is 11.8. The van der Waals surface area contributed by atoms with Crippen LogP contribution in [0.1, 0.15) is 30.6 Å². The van der Waals surface area contributed by atoms with Crippen LogP contribution < -0.4 is 5.32 Å². The third-order valence-corrected chi connectivity index (χ3v) is 3.35. The molecule has 0 aliphatic heterocycles. The van der Waals surface area contributed by atoms with Gasteiger partial charge in [0, 0.05) is 15.0 Å². The number of benzene rings is 1. The molecule has 0 aliphatic carbocycles. The lowest BCUT2D eigenvalue weighted by molar-refractivity contribution is 0.0938. The maximum Gasteiger partial charge on any atom is 0.252 e. The molecule has 0 unspecified atom stereocenters. The first-order valence-corrected chi connectivity index (χ1v) is 6.39. The Morgan fingerprint density at radius 2 is 2.13 bits per heavy atom. The molecule has 82 valence electrons. The molecule has 0 fully saturated rings. The molecule has 1 atom stereocenters. The Balaban J connectivity index is 2.86. The Hall–Kier alpha value is -0.350. The lowest BCUT2D eigenvalue weighted by Gasteiger charge is -2.12. The molecule has 0 saturated heterocycles. The Kier molecular flexibility index (Phi) is 4.80. The van der Waals surface area contributed by atoms with Crippen LogP contribution in [0.2, 0.25) is 0 Å². The first-order chi connectivity index (χ1) is 7.04. The van der Waals surface area contributed by atoms with E-state index in [1.165, 1.54) is 0 Å². The van der Waals surface area contributed by atoms with E-state index in [9.17, 15) is 4.79 Å². The largest absolute Gasteiger partial charge is 0.350 e. The number of hydrogen-bond donors (Lipinski definition) is 1. The number of carbonyl (C=O) groups excluding carboxylic acids is 1. The highest BCUT2D eigenvalue weighted by molar-refractivity contribution is 9.11. The van der Waals surface area contributed by atoms with Crippen molar-refractivity contribution in [2.45, 2.75) is 26.3 Å². The minimum atomic E-state index is -0.0440. The molecule has 1 aromatic carbocycles. The normalized spacial score (nSPS) is 12.3. The molecule has 1 aromatic rings. The Bertz CT molecular complexity index is 366. The summed E-state index contributed by atoms with van der Waals surface area (Å²) in [6, 6.07) is 5.75. The summed E-state index contributed by atoms with van der Waals surface area (Å²) in [5, 5.41) is 2.92. The van der Waals surface area contributed by atoms with Gasteiger partial charge in [-0.1, -0.05) is 22.9 Å². The van der Waals surface area contributed by atoms with Gasteiger partial charge >= 0.3 is 0 Å². The topological polar surface area (TPSA) is 29.1 Å². The fourth-order valence-electron chi connectivity index (χ4n) is 1.08. The highest BCUT2D eigenvalue weighted by Crippen LogP contribution is 2.21. The molecule has 4 heteroatoms. The molecule has 1 N–H and O–H groups in total. The molecule has 0 saturated carbocycles. The van der Waals surface area contributed by atoms with E-state index in [2.05, 4.69) is 37.2 Å². The molecule has 0 heterocycles. The van der Waals surface area contributed by atoms with Crippen molar-refractivity contribution in [1.82, 2.24) is 5.32 Å². The van der Waals surface area contributed by atoms with Gasteiger partial charge in [0.1, 0.15) is 0 Å². The standard InChI is InChI=1S/C11H13Br2NO/c1-3-7(2)14-11(15)9-6-8(12)4-5-10(9)13/h4-7H,3H2,1-2H3,(H,14,15)/t7-/m1/s1. The van der Waals surface area contributed by atoms with Crippen molar-refractivity contribution in [3.8, 4) is 0 Å². The van der Waals surface area contributed by atoms with Crippen LogP contribution in [0.5, 0.6) is 0 Å². The Morgan fingerprint density at radius 1 is 1.47 bits per heavy atom. The highest BCUT2D eigenvalue weighted by atomic mass is 79.9. The number of amides is 1. The van der Waals surface area contributed by atoms with E-state index >= 15 is 0 Å². The molecule has 0 aliphatic rings. The van der Waals surface area contributed by atoms with Gasteiger partial charge in [0.25, 0.3) is 5.91 Å². The van der Waals surface area contributed by atoms with Gasteiger partial charge in [-0.15, -0.1) is 0 Å². The minimum absolute atomic E-state index is 0.0440. The number of rotatable bonds is 3. The van der Waals surface area contributed by atoms with Crippen LogP contribution in [0.15, 0.2) is 27.1 Å². The van der Waals surface area contributed by atoms with Gasteiger partial charge in [0.15, 0.2) is 0 Å². The van der Waals surface area contributed by atoms with Crippen molar-refractivity contribution in [3.05, 3.63) is 32.7 Å². The SMILES string of the molecule is CC[C@@H](C)NC(=O)c1cc(Br)ccc1Br. The number of halogens is 2. The van der Waals surface area contributed by atoms with E-state index in [1.807, 2.05) is 32.0 Å². The zero-order valence-electron chi connectivity index (χ0n) is 8.68. The summed E-state index contributed by atoms with van der Waals surface area (Å²) >= 11 is 6.71. The van der Waals surface area contributed by atoms with Crippen molar-refractivity contribution < 1.29 is 4.79 Å². The number of carbonyl (C=O) groups is 1. The van der Waals surface area contributed by atoms with Crippen LogP contribution in [0.25, 0.3) is 0 Å². The van der Waals surface area contributed by atoms with Crippen LogP contribution in [-0.4, -0.2) is 11.9 Å². The van der Waals surface area contributed by atoms with Gasteiger partial charge in [-0.25, -0.2) is 0 Å². The van der Waals surface area contributed by atoms with E-state index in [1.54, 1.807) is 0 Å². The zero-order chi connectivity index (χ0) is 11.4. The van der Waals surface area contributed by atoms with Gasteiger partial charge in [-0.2, -0.15) is 0 Å². The van der Waals surface area contributed by atoms with Crippen LogP contribution in [0.4, 0.5) is 0 Å². The van der Waals surface area contributed by atoms with E-state index in [0.717, 1.165) is 15.4 Å². The smallest absolute Gasteiger partial charge is 0.252 e. The van der Waals surface area contributed by atoms with E-state index in [0.29, 0.717) is 5.56 Å². The van der Waals surface area contributed by atoms with Crippen molar-refractivity contribution in [2.24, 2.45) is 0 Å². The van der Waals surface area contributed by atoms with Gasteiger partial charge < -0.3 is 5.32 Å². The van der Waals surface area contributed by atoms with Crippen LogP contribution >= 0.6 is 31.9 Å². The van der Waals surface area contributed by atoms with Gasteiger partial charge in [-0.05, 0) is 47.5 Å². The third-order valence-electron chi connectivity index (χ3n) is 2.16. The second kappa shape index (κ2) is 5.66. The van der Waals surface area contributed by atoms with Crippen LogP contribution in [0, 0.1) is 0 Å². The monoisotopic (exact) mass is 333 g/mol. The van der Waals surface area contributed by atoms with E-state index < -0.39 is 0 Å². The zero-order valence-corrected chi connectivity index (χ0v) is 11.9. The summed E-state index contributed by atoms with van der Waals surface area (Å²) in [5.41, 5.74) is 0.657. The average molecular weight is 335 g/mol. The molecule has 2 nitrogen and oxygen atoms in total. The van der Waals surface area contributed by atoms with Crippen LogP contribution in [0.3, 0.4) is 0 Å². The summed E-state index contributed by atoms with van der Waals surface area (Å²) in [6.45, 7) is 4.03. The summed E-state index contributed by atoms with van der Waals surface area (Å²) in [5.74, 6) is -0.0440. The van der Waals surface area contributed by atoms with Crippen molar-refractivity contribution in [2.75, 3.05) is 0 Å². The predicted molar refractivity (Wildman–Crippen MR) is 69.1 cm³/mol. The quantitative estimate of drug-likeness (QED) is 0.896. The lowest BCUT2D eigenvalue weighted by Crippen LogP contribution is -2.32. The summed E-state index contributed by atoms with van der Waals surface area (Å²) < 4.78 is 1.71. The fraction of sp³-hybridized carbons (Fsp3) is 0.364. The van der Waals surface area contributed by atoms with Crippen molar-refractivity contribution >= 4 is 37.8 Å². The molecule has 0 spiro atoms. The lowest BCUT2D eigenvalue weighted by atomic mass is 10.2. The van der Waals surface area contributed by atoms with E-state index in [4.69, 9.17) is 0 Å². The third kappa shape index (κ3) is 3.61. The van der Waals surface area contributed by atoms with Crippen molar-refractivity contribution in [1.29, 1.82) is 0 Å². The molecule has 1 amide bonds. The Morgan fingerprint density at radius 3 is 2.73 bits per heavy atom. The second-order valence-electron chi connectivity index (χ2n) is 3.41. The fourth-order valence-corrected chi connectivity index (χ4v) is 1.86. The summed E-state index contributed by atoms with van der Waals surface area (Å²) in [4.78, 5) is 11.8. The van der Waals surface area contributed by atoms with E-state index in [-0.39, 0.29) is 11.9 Å². The molecular formula is C11H13Br2NO. The Labute approximate surface area is 107 Å². The molecule has 0 aromatic heterocycles. The first kappa shape index (κ1) is 12.7. The molecule has 1 rings (SSSR count). The maximum absolute atomic E-state index is 11.8. The predicted octanol–water partition coefficient (Wildman–Crippen LogP) is 3.74. The van der Waals surface area contributed by atoms with Crippen LogP contribution in [-0.2, 0) is 0 Å². The average Bonchev–Trinajstić information content (AvgIpc) is 2.21. The number of hydrogen-bond acceptors (Lipinski definition) is 1. The highest BCUT2D eigenvalue weighted by Gasteiger charge is 2.11. The summed E-state index contributed by atoms with van der Waals surface area (Å²) in [6.07, 6.45) is 0.928. The molecule has 0 bridgehead atoms. The molecular weight excluding hydrogens is 322 g/mol. The van der Waals surface area contributed by atoms with Gasteiger partial charge in [0.05, 0.1) is 5.56 Å². The number of nitrogens with one attached hydrogen (secondary N) is 1. The first-order valence-electron chi connectivity index (χ1n) is 4.80. The molecule has 0 radical (unpaired) electrons. The minimum Gasteiger partial charge on any atom is -0.350 e. The van der Waals surface area contributed by atoms with Gasteiger partial charge in [0.2, 0.25) is 0 Å². The van der Waals surface area contributed by atoms with Gasteiger partial charge in [-0.3, -0.25) is 4.79 Å². The molecule has 15 heavy (non-hydrogen) atoms. The second-order valence-corrected chi connectivity index (χ2v) is 5.18. The summed E-state index contributed by atoms with van der Waals surface area (Å²) in [7, 11) is 0. The van der Waals surface area contributed by atoms with Crippen molar-refractivity contribution in [3.63, 3.8) is 0 Å².